The molecular formula is C36H26N4. The highest BCUT2D eigenvalue weighted by Gasteiger charge is 2.19. The zero-order chi connectivity index (χ0) is 27.1. The molecule has 4 nitrogen and oxygen atoms in total. The summed E-state index contributed by atoms with van der Waals surface area (Å²) < 4.78 is 0. The van der Waals surface area contributed by atoms with E-state index in [0.29, 0.717) is 0 Å². The number of hydrogen-bond donors (Lipinski definition) is 0. The molecule has 0 N–H and O–H groups in total. The first-order valence-corrected chi connectivity index (χ1v) is 13.4. The van der Waals surface area contributed by atoms with Gasteiger partial charge in [-0.25, -0.2) is 0 Å². The summed E-state index contributed by atoms with van der Waals surface area (Å²) >= 11 is 0. The first kappa shape index (κ1) is 23.9. The Labute approximate surface area is 233 Å². The van der Waals surface area contributed by atoms with Gasteiger partial charge in [-0.2, -0.15) is 0 Å². The molecule has 7 rings (SSSR count). The molecule has 0 aliphatic carbocycles. The molecule has 0 aliphatic rings. The van der Waals surface area contributed by atoms with E-state index in [4.69, 9.17) is 9.97 Å². The van der Waals surface area contributed by atoms with E-state index in [1.807, 2.05) is 42.7 Å². The van der Waals surface area contributed by atoms with E-state index in [0.717, 1.165) is 39.5 Å². The van der Waals surface area contributed by atoms with E-state index in [-0.39, 0.29) is 0 Å². The molecule has 40 heavy (non-hydrogen) atoms. The molecule has 0 bridgehead atoms. The first-order chi connectivity index (χ1) is 19.7. The van der Waals surface area contributed by atoms with Crippen LogP contribution in [-0.2, 0) is 0 Å². The monoisotopic (exact) mass is 514 g/mol. The summed E-state index contributed by atoms with van der Waals surface area (Å²) in [5, 5.41) is 4.79. The zero-order valence-corrected chi connectivity index (χ0v) is 22.3. The maximum absolute atomic E-state index is 4.99. The Bertz CT molecular complexity index is 1810. The summed E-state index contributed by atoms with van der Waals surface area (Å²) in [5.41, 5.74) is 10.5. The summed E-state index contributed by atoms with van der Waals surface area (Å²) in [4.78, 5) is 18.6. The molecule has 0 saturated heterocycles. The smallest absolute Gasteiger partial charge is 0.0889 e. The molecule has 7 aromatic rings. The summed E-state index contributed by atoms with van der Waals surface area (Å²) in [6, 6.07) is 33.7. The second-order valence-electron chi connectivity index (χ2n) is 10.0. The third-order valence-electron chi connectivity index (χ3n) is 7.55. The van der Waals surface area contributed by atoms with Crippen LogP contribution in [0.3, 0.4) is 0 Å². The van der Waals surface area contributed by atoms with Gasteiger partial charge in [0.2, 0.25) is 0 Å². The zero-order valence-electron chi connectivity index (χ0n) is 22.3. The lowest BCUT2D eigenvalue weighted by Gasteiger charge is -2.19. The van der Waals surface area contributed by atoms with E-state index in [2.05, 4.69) is 90.5 Å². The third kappa shape index (κ3) is 4.02. The van der Waals surface area contributed by atoms with Crippen LogP contribution < -0.4 is 0 Å². The highest BCUT2D eigenvalue weighted by atomic mass is 14.8. The van der Waals surface area contributed by atoms with Crippen LogP contribution in [0.4, 0.5) is 0 Å². The highest BCUT2D eigenvalue weighted by Crippen LogP contribution is 2.45. The molecule has 0 unspecified atom stereocenters. The topological polar surface area (TPSA) is 51.6 Å². The van der Waals surface area contributed by atoms with Gasteiger partial charge in [0.15, 0.2) is 0 Å². The lowest BCUT2D eigenvalue weighted by Crippen LogP contribution is -1.97. The molecule has 4 heteroatoms. The molecule has 0 radical (unpaired) electrons. The minimum atomic E-state index is 0.875. The molecule has 4 aromatic heterocycles. The Morgan fingerprint density at radius 3 is 1.75 bits per heavy atom. The normalized spacial score (nSPS) is 11.2. The lowest BCUT2D eigenvalue weighted by molar-refractivity contribution is 1.18. The number of fused-ring (bicyclic) bond motifs is 2. The fourth-order valence-corrected chi connectivity index (χ4v) is 5.68. The summed E-state index contributed by atoms with van der Waals surface area (Å²) in [5.74, 6) is 0. The average Bonchev–Trinajstić information content (AvgIpc) is 3.01. The number of aromatic nitrogens is 4. The molecule has 190 valence electrons. The van der Waals surface area contributed by atoms with Gasteiger partial charge < -0.3 is 0 Å². The van der Waals surface area contributed by atoms with Crippen molar-refractivity contribution in [2.24, 2.45) is 0 Å². The van der Waals surface area contributed by atoms with Crippen LogP contribution in [-0.4, -0.2) is 19.9 Å². The molecule has 3 aromatic carbocycles. The van der Waals surface area contributed by atoms with E-state index in [9.17, 15) is 0 Å². The van der Waals surface area contributed by atoms with Gasteiger partial charge in [0, 0.05) is 47.2 Å². The Morgan fingerprint density at radius 1 is 0.500 bits per heavy atom. The number of benzene rings is 3. The first-order valence-electron chi connectivity index (χ1n) is 13.4. The van der Waals surface area contributed by atoms with E-state index in [1.165, 1.54) is 38.2 Å². The van der Waals surface area contributed by atoms with Gasteiger partial charge >= 0.3 is 0 Å². The molecule has 0 aliphatic heterocycles. The Morgan fingerprint density at radius 2 is 1.18 bits per heavy atom. The molecule has 0 saturated carbocycles. The van der Waals surface area contributed by atoms with Crippen LogP contribution in [0.15, 0.2) is 122 Å². The maximum atomic E-state index is 4.99. The molecule has 0 amide bonds. The van der Waals surface area contributed by atoms with Crippen molar-refractivity contribution in [1.29, 1.82) is 0 Å². The van der Waals surface area contributed by atoms with Crippen LogP contribution in [0.5, 0.6) is 0 Å². The minimum Gasteiger partial charge on any atom is -0.264 e. The van der Waals surface area contributed by atoms with Gasteiger partial charge in [0.05, 0.1) is 17.1 Å². The van der Waals surface area contributed by atoms with E-state index >= 15 is 0 Å². The molecule has 0 fully saturated rings. The summed E-state index contributed by atoms with van der Waals surface area (Å²) in [6.07, 6.45) is 7.46. The largest absolute Gasteiger partial charge is 0.264 e. The lowest BCUT2D eigenvalue weighted by atomic mass is 9.85. The van der Waals surface area contributed by atoms with Crippen molar-refractivity contribution in [3.8, 4) is 44.9 Å². The van der Waals surface area contributed by atoms with Gasteiger partial charge in [-0.1, -0.05) is 60.7 Å². The number of aryl methyl sites for hydroxylation is 2. The number of hydrogen-bond acceptors (Lipinski definition) is 4. The van der Waals surface area contributed by atoms with Crippen molar-refractivity contribution in [2.45, 2.75) is 13.8 Å². The van der Waals surface area contributed by atoms with Crippen LogP contribution in [0.2, 0.25) is 0 Å². The van der Waals surface area contributed by atoms with Crippen LogP contribution >= 0.6 is 0 Å². The van der Waals surface area contributed by atoms with Crippen LogP contribution in [0, 0.1) is 13.8 Å². The third-order valence-corrected chi connectivity index (χ3v) is 7.55. The van der Waals surface area contributed by atoms with Crippen LogP contribution in [0.1, 0.15) is 11.3 Å². The Balaban J connectivity index is 1.48. The van der Waals surface area contributed by atoms with Gasteiger partial charge in [-0.05, 0) is 88.5 Å². The highest BCUT2D eigenvalue weighted by molar-refractivity contribution is 6.21. The van der Waals surface area contributed by atoms with Crippen molar-refractivity contribution in [3.05, 3.63) is 133 Å². The van der Waals surface area contributed by atoms with Crippen molar-refractivity contribution >= 4 is 21.5 Å². The van der Waals surface area contributed by atoms with Crippen LogP contribution in [0.25, 0.3) is 66.4 Å². The van der Waals surface area contributed by atoms with Gasteiger partial charge in [0.1, 0.15) is 0 Å². The predicted molar refractivity (Wildman–Crippen MR) is 164 cm³/mol. The fraction of sp³-hybridized carbons (Fsp3) is 0.0556. The summed E-state index contributed by atoms with van der Waals surface area (Å²) in [7, 11) is 0. The van der Waals surface area contributed by atoms with Gasteiger partial charge in [0.25, 0.3) is 0 Å². The van der Waals surface area contributed by atoms with Gasteiger partial charge in [-0.3, -0.25) is 19.9 Å². The molecular weight excluding hydrogens is 488 g/mol. The van der Waals surface area contributed by atoms with Crippen molar-refractivity contribution < 1.29 is 0 Å². The SMILES string of the molecule is Cc1cc(-c2cccnc2)ncc1-c1c2ccccc2c(-c2ccc(-c3ccccn3)nc2C)c2ccccc12. The number of rotatable bonds is 4. The Kier molecular flexibility index (Phi) is 5.86. The number of nitrogens with zero attached hydrogens (tertiary/aromatic N) is 4. The van der Waals surface area contributed by atoms with Crippen molar-refractivity contribution in [2.75, 3.05) is 0 Å². The van der Waals surface area contributed by atoms with Crippen molar-refractivity contribution in [1.82, 2.24) is 19.9 Å². The average molecular weight is 515 g/mol. The number of pyridine rings is 4. The standard InChI is InChI=1S/C36H26N4/c1-23-20-34(25-10-9-18-37-21-25)39-22-31(23)36-29-13-5-3-11-27(29)35(28-12-4-6-14-30(28)36)26-16-17-33(40-24(26)2)32-15-7-8-19-38-32/h3-22H,1-2H3. The molecule has 4 heterocycles. The minimum absolute atomic E-state index is 0.875. The molecule has 0 spiro atoms. The Hall–Kier alpha value is -5.22. The summed E-state index contributed by atoms with van der Waals surface area (Å²) in [6.45, 7) is 4.25. The van der Waals surface area contributed by atoms with Gasteiger partial charge in [-0.15, -0.1) is 0 Å². The second kappa shape index (κ2) is 9.83. The molecule has 0 atom stereocenters. The van der Waals surface area contributed by atoms with E-state index in [1.54, 1.807) is 12.4 Å². The predicted octanol–water partition coefficient (Wildman–Crippen LogP) is 8.86. The quantitative estimate of drug-likeness (QED) is 0.220. The maximum Gasteiger partial charge on any atom is 0.0889 e. The van der Waals surface area contributed by atoms with Crippen molar-refractivity contribution in [3.63, 3.8) is 0 Å². The second-order valence-corrected chi connectivity index (χ2v) is 10.0. The fourth-order valence-electron chi connectivity index (χ4n) is 5.68. The van der Waals surface area contributed by atoms with E-state index < -0.39 is 0 Å².